The Balaban J connectivity index is 1.54. The molecule has 11 heteroatoms. The zero-order valence-electron chi connectivity index (χ0n) is 18.7. The van der Waals surface area contributed by atoms with Crippen LogP contribution in [-0.2, 0) is 19.4 Å². The third-order valence-electron chi connectivity index (χ3n) is 5.84. The lowest BCUT2D eigenvalue weighted by atomic mass is 10.2. The number of hydrogen-bond acceptors (Lipinski definition) is 9. The molecule has 1 saturated heterocycles. The van der Waals surface area contributed by atoms with Crippen molar-refractivity contribution in [3.05, 3.63) is 54.6 Å². The van der Waals surface area contributed by atoms with Crippen LogP contribution < -0.4 is 4.90 Å². The van der Waals surface area contributed by atoms with Crippen molar-refractivity contribution in [1.29, 1.82) is 0 Å². The van der Waals surface area contributed by atoms with E-state index in [1.165, 1.54) is 16.6 Å². The van der Waals surface area contributed by atoms with Crippen LogP contribution in [-0.4, -0.2) is 78.4 Å². The fourth-order valence-electron chi connectivity index (χ4n) is 4.16. The van der Waals surface area contributed by atoms with Crippen LogP contribution in [0.15, 0.2) is 64.5 Å². The lowest BCUT2D eigenvalue weighted by Gasteiger charge is -2.35. The van der Waals surface area contributed by atoms with Crippen molar-refractivity contribution in [3.63, 3.8) is 0 Å². The van der Waals surface area contributed by atoms with E-state index >= 15 is 0 Å². The topological polar surface area (TPSA) is 110 Å². The molecule has 1 aliphatic rings. The highest BCUT2D eigenvalue weighted by Gasteiger charge is 2.28. The van der Waals surface area contributed by atoms with Gasteiger partial charge in [0.05, 0.1) is 23.6 Å². The highest BCUT2D eigenvalue weighted by molar-refractivity contribution is 7.91. The number of ether oxygens (including phenoxy) is 1. The van der Waals surface area contributed by atoms with Gasteiger partial charge in [0.2, 0.25) is 14.9 Å². The third-order valence-corrected chi connectivity index (χ3v) is 7.51. The van der Waals surface area contributed by atoms with Crippen LogP contribution >= 0.6 is 0 Å². The second kappa shape index (κ2) is 8.99. The van der Waals surface area contributed by atoms with Gasteiger partial charge >= 0.3 is 5.97 Å². The van der Waals surface area contributed by atoms with E-state index in [-0.39, 0.29) is 28.1 Å². The Morgan fingerprint density at radius 1 is 1.00 bits per heavy atom. The maximum absolute atomic E-state index is 13.3. The predicted octanol–water partition coefficient (Wildman–Crippen LogP) is 1.80. The van der Waals surface area contributed by atoms with Gasteiger partial charge in [-0.15, -0.1) is 5.10 Å². The highest BCUT2D eigenvalue weighted by Crippen LogP contribution is 2.30. The number of benzene rings is 2. The largest absolute Gasteiger partial charge is 0.465 e. The molecular weight excluding hydrogens is 456 g/mol. The molecule has 1 aliphatic heterocycles. The molecule has 1 fully saturated rings. The standard InChI is InChI=1S/C23H24N6O4S/c1-2-33-20(30)16-27-12-14-28(15-13-27)21-18-10-6-7-11-19(18)29-22(24-21)23(25-26-29)34(31,32)17-8-4-3-5-9-17/h3-11H,2,12-16H2,1H3. The summed E-state index contributed by atoms with van der Waals surface area (Å²) in [5, 5.41) is 8.84. The van der Waals surface area contributed by atoms with E-state index in [0.717, 1.165) is 10.9 Å². The first kappa shape index (κ1) is 22.2. The Labute approximate surface area is 196 Å². The minimum atomic E-state index is -3.90. The lowest BCUT2D eigenvalue weighted by molar-refractivity contribution is -0.144. The molecule has 2 aromatic carbocycles. The molecule has 176 valence electrons. The molecule has 0 amide bonds. The summed E-state index contributed by atoms with van der Waals surface area (Å²) in [7, 11) is -3.90. The molecule has 0 atom stereocenters. The number of rotatable bonds is 6. The summed E-state index contributed by atoms with van der Waals surface area (Å²) in [5.41, 5.74) is 0.907. The van der Waals surface area contributed by atoms with Crippen molar-refractivity contribution in [3.8, 4) is 0 Å². The number of anilines is 1. The molecule has 0 spiro atoms. The van der Waals surface area contributed by atoms with Crippen LogP contribution in [0.2, 0.25) is 0 Å². The van der Waals surface area contributed by atoms with Crippen molar-refractivity contribution < 1.29 is 17.9 Å². The second-order valence-corrected chi connectivity index (χ2v) is 9.83. The van der Waals surface area contributed by atoms with Crippen LogP contribution in [0.1, 0.15) is 6.92 Å². The molecule has 0 aliphatic carbocycles. The number of piperazine rings is 1. The number of carbonyl (C=O) groups excluding carboxylic acids is 1. The fraction of sp³-hybridized carbons (Fsp3) is 0.304. The van der Waals surface area contributed by atoms with Gasteiger partial charge in [-0.3, -0.25) is 9.69 Å². The molecule has 34 heavy (non-hydrogen) atoms. The van der Waals surface area contributed by atoms with Gasteiger partial charge in [0, 0.05) is 31.6 Å². The maximum atomic E-state index is 13.3. The first-order chi connectivity index (χ1) is 16.5. The Morgan fingerprint density at radius 3 is 2.44 bits per heavy atom. The summed E-state index contributed by atoms with van der Waals surface area (Å²) in [6, 6.07) is 15.8. The molecule has 0 unspecified atom stereocenters. The smallest absolute Gasteiger partial charge is 0.320 e. The third kappa shape index (κ3) is 3.97. The SMILES string of the molecule is CCOC(=O)CN1CCN(c2nc3c(S(=O)(=O)c4ccccc4)nnn3c3ccccc23)CC1. The van der Waals surface area contributed by atoms with Gasteiger partial charge in [-0.05, 0) is 31.2 Å². The maximum Gasteiger partial charge on any atom is 0.320 e. The monoisotopic (exact) mass is 480 g/mol. The Kier molecular flexibility index (Phi) is 5.88. The summed E-state index contributed by atoms with van der Waals surface area (Å²) < 4.78 is 33.2. The molecule has 5 rings (SSSR count). The van der Waals surface area contributed by atoms with Gasteiger partial charge in [-0.1, -0.05) is 35.5 Å². The number of para-hydroxylation sites is 1. The van der Waals surface area contributed by atoms with E-state index in [1.54, 1.807) is 25.1 Å². The van der Waals surface area contributed by atoms with Gasteiger partial charge in [-0.2, -0.15) is 4.52 Å². The number of fused-ring (bicyclic) bond motifs is 3. The second-order valence-electron chi connectivity index (χ2n) is 7.97. The Morgan fingerprint density at radius 2 is 1.71 bits per heavy atom. The first-order valence-corrected chi connectivity index (χ1v) is 12.5. The van der Waals surface area contributed by atoms with Crippen LogP contribution in [0, 0.1) is 0 Å². The Bertz CT molecular complexity index is 1450. The molecular formula is C23H24N6O4S. The van der Waals surface area contributed by atoms with Crippen molar-refractivity contribution in [1.82, 2.24) is 24.7 Å². The predicted molar refractivity (Wildman–Crippen MR) is 125 cm³/mol. The van der Waals surface area contributed by atoms with Crippen molar-refractivity contribution in [2.45, 2.75) is 16.8 Å². The molecule has 0 saturated carbocycles. The quantitative estimate of drug-likeness (QED) is 0.382. The fourth-order valence-corrected chi connectivity index (χ4v) is 5.42. The van der Waals surface area contributed by atoms with Gasteiger partial charge in [-0.25, -0.2) is 13.4 Å². The van der Waals surface area contributed by atoms with Gasteiger partial charge < -0.3 is 9.64 Å². The lowest BCUT2D eigenvalue weighted by Crippen LogP contribution is -2.48. The highest BCUT2D eigenvalue weighted by atomic mass is 32.2. The van der Waals surface area contributed by atoms with Gasteiger partial charge in [0.25, 0.3) is 0 Å². The molecule has 0 N–H and O–H groups in total. The van der Waals surface area contributed by atoms with E-state index in [4.69, 9.17) is 9.72 Å². The van der Waals surface area contributed by atoms with E-state index in [9.17, 15) is 13.2 Å². The van der Waals surface area contributed by atoms with Crippen molar-refractivity contribution >= 4 is 38.2 Å². The van der Waals surface area contributed by atoms with Crippen LogP contribution in [0.4, 0.5) is 5.82 Å². The molecule has 0 radical (unpaired) electrons. The minimum Gasteiger partial charge on any atom is -0.465 e. The number of nitrogens with zero attached hydrogens (tertiary/aromatic N) is 6. The molecule has 2 aromatic heterocycles. The summed E-state index contributed by atoms with van der Waals surface area (Å²) in [6.07, 6.45) is 0. The number of sulfone groups is 1. The van der Waals surface area contributed by atoms with Crippen molar-refractivity contribution in [2.24, 2.45) is 0 Å². The average molecular weight is 481 g/mol. The molecule has 3 heterocycles. The number of aromatic nitrogens is 4. The van der Waals surface area contributed by atoms with Crippen LogP contribution in [0.5, 0.6) is 0 Å². The van der Waals surface area contributed by atoms with Crippen LogP contribution in [0.3, 0.4) is 0 Å². The summed E-state index contributed by atoms with van der Waals surface area (Å²) >= 11 is 0. The summed E-state index contributed by atoms with van der Waals surface area (Å²) in [5.74, 6) is 0.438. The van der Waals surface area contributed by atoms with Gasteiger partial charge in [0.1, 0.15) is 5.82 Å². The number of esters is 1. The number of hydrogen-bond donors (Lipinski definition) is 0. The van der Waals surface area contributed by atoms with E-state index < -0.39 is 9.84 Å². The zero-order valence-corrected chi connectivity index (χ0v) is 19.5. The summed E-state index contributed by atoms with van der Waals surface area (Å²) in [4.78, 5) is 20.9. The zero-order chi connectivity index (χ0) is 23.7. The minimum absolute atomic E-state index is 0.140. The first-order valence-electron chi connectivity index (χ1n) is 11.1. The molecule has 4 aromatic rings. The van der Waals surface area contributed by atoms with Crippen molar-refractivity contribution in [2.75, 3.05) is 44.2 Å². The van der Waals surface area contributed by atoms with Crippen LogP contribution in [0.25, 0.3) is 16.6 Å². The molecule has 10 nitrogen and oxygen atoms in total. The average Bonchev–Trinajstić information content (AvgIpc) is 3.30. The van der Waals surface area contributed by atoms with E-state index in [2.05, 4.69) is 15.2 Å². The normalized spacial score (nSPS) is 15.1. The Hall–Kier alpha value is -3.57. The van der Waals surface area contributed by atoms with Gasteiger partial charge in [0.15, 0.2) is 5.65 Å². The number of carbonyl (C=O) groups is 1. The van der Waals surface area contributed by atoms with E-state index in [0.29, 0.717) is 38.6 Å². The molecule has 0 bridgehead atoms. The van der Waals surface area contributed by atoms with E-state index in [1.807, 2.05) is 29.2 Å². The summed E-state index contributed by atoms with van der Waals surface area (Å²) in [6.45, 7) is 4.99.